The number of hydrogen-bond donors (Lipinski definition) is 4. The number of hydrogen-bond acceptors (Lipinski definition) is 8. The third kappa shape index (κ3) is 7.19. The molecule has 0 saturated carbocycles. The van der Waals surface area contributed by atoms with Gasteiger partial charge in [0.1, 0.15) is 16.7 Å². The number of carbonyl (C=O) groups excluding carboxylic acids is 2. The molecule has 3 aromatic heterocycles. The number of pyridine rings is 2. The highest BCUT2D eigenvalue weighted by atomic mass is 19.4. The van der Waals surface area contributed by atoms with E-state index < -0.39 is 54.8 Å². The molecule has 0 aromatic carbocycles. The van der Waals surface area contributed by atoms with E-state index in [-0.39, 0.29) is 40.5 Å². The number of fused-ring (bicyclic) bond motifs is 1. The van der Waals surface area contributed by atoms with Gasteiger partial charge in [-0.15, -0.1) is 0 Å². The Balaban J connectivity index is 1.69. The largest absolute Gasteiger partial charge is 0.465 e. The van der Waals surface area contributed by atoms with Gasteiger partial charge < -0.3 is 29.8 Å². The van der Waals surface area contributed by atoms with Gasteiger partial charge in [-0.2, -0.15) is 13.2 Å². The van der Waals surface area contributed by atoms with E-state index in [0.29, 0.717) is 6.42 Å². The Bertz CT molecular complexity index is 1490. The van der Waals surface area contributed by atoms with Gasteiger partial charge in [-0.05, 0) is 51.3 Å². The fraction of sp³-hybridized carbons (Fsp3) is 0.444. The van der Waals surface area contributed by atoms with Crippen molar-refractivity contribution in [2.24, 2.45) is 5.92 Å². The molecule has 4 heterocycles. The lowest BCUT2D eigenvalue weighted by Crippen LogP contribution is -2.53. The maximum atomic E-state index is 13.7. The van der Waals surface area contributed by atoms with Crippen molar-refractivity contribution in [3.8, 4) is 0 Å². The van der Waals surface area contributed by atoms with E-state index in [1.54, 1.807) is 33.0 Å². The SMILES string of the molecule is CCc1cnc2c(C(=O)Nc3cnccc3N3C[C@@H](NC(=O)O)C[C@@H](C(F)(F)F)C3)c(NC(=O)OC(C)(C)C)oc2c1. The first kappa shape index (κ1) is 30.4. The Labute approximate surface area is 238 Å². The van der Waals surface area contributed by atoms with Gasteiger partial charge in [0.15, 0.2) is 5.58 Å². The van der Waals surface area contributed by atoms with Crippen molar-refractivity contribution in [2.45, 2.75) is 58.4 Å². The number of aryl methyl sites for hydroxylation is 1. The summed E-state index contributed by atoms with van der Waals surface area (Å²) in [5.74, 6) is -2.83. The molecule has 0 radical (unpaired) electrons. The minimum Gasteiger partial charge on any atom is -0.465 e. The monoisotopic (exact) mass is 592 g/mol. The fourth-order valence-corrected chi connectivity index (χ4v) is 4.66. The first-order valence-electron chi connectivity index (χ1n) is 13.1. The first-order chi connectivity index (χ1) is 19.6. The first-order valence-corrected chi connectivity index (χ1v) is 13.1. The minimum atomic E-state index is -4.57. The number of amides is 3. The van der Waals surface area contributed by atoms with Gasteiger partial charge in [0.2, 0.25) is 5.88 Å². The minimum absolute atomic E-state index is 0.0575. The molecule has 42 heavy (non-hydrogen) atoms. The Morgan fingerprint density at radius 1 is 1.17 bits per heavy atom. The summed E-state index contributed by atoms with van der Waals surface area (Å²) in [6.45, 7) is 6.36. The molecule has 1 aliphatic heterocycles. The van der Waals surface area contributed by atoms with Crippen LogP contribution >= 0.6 is 0 Å². The highest BCUT2D eigenvalue weighted by Crippen LogP contribution is 2.38. The molecule has 0 bridgehead atoms. The quantitative estimate of drug-likeness (QED) is 0.294. The second kappa shape index (κ2) is 11.7. The van der Waals surface area contributed by atoms with Gasteiger partial charge in [0.25, 0.3) is 5.91 Å². The molecule has 12 nitrogen and oxygen atoms in total. The lowest BCUT2D eigenvalue weighted by molar-refractivity contribution is -0.177. The van der Waals surface area contributed by atoms with E-state index in [1.807, 2.05) is 6.92 Å². The summed E-state index contributed by atoms with van der Waals surface area (Å²) in [6, 6.07) is 2.08. The average molecular weight is 593 g/mol. The molecule has 1 fully saturated rings. The number of halogens is 3. The molecule has 4 rings (SSSR count). The van der Waals surface area contributed by atoms with Crippen LogP contribution in [0.4, 0.5) is 40.0 Å². The second-order valence-corrected chi connectivity index (χ2v) is 10.8. The molecule has 4 N–H and O–H groups in total. The van der Waals surface area contributed by atoms with Crippen LogP contribution in [-0.2, 0) is 11.2 Å². The van der Waals surface area contributed by atoms with Gasteiger partial charge in [-0.1, -0.05) is 6.92 Å². The summed E-state index contributed by atoms with van der Waals surface area (Å²) in [7, 11) is 0. The summed E-state index contributed by atoms with van der Waals surface area (Å²) >= 11 is 0. The van der Waals surface area contributed by atoms with Crippen LogP contribution < -0.4 is 20.9 Å². The van der Waals surface area contributed by atoms with Crippen molar-refractivity contribution in [3.63, 3.8) is 0 Å². The molecule has 0 spiro atoms. The predicted molar refractivity (Wildman–Crippen MR) is 147 cm³/mol. The number of carbonyl (C=O) groups is 3. The van der Waals surface area contributed by atoms with E-state index in [4.69, 9.17) is 14.3 Å². The molecule has 0 aliphatic carbocycles. The molecule has 1 aliphatic rings. The maximum Gasteiger partial charge on any atom is 0.414 e. The van der Waals surface area contributed by atoms with E-state index in [0.717, 1.165) is 5.56 Å². The van der Waals surface area contributed by atoms with E-state index >= 15 is 0 Å². The average Bonchev–Trinajstić information content (AvgIpc) is 3.23. The smallest absolute Gasteiger partial charge is 0.414 e. The van der Waals surface area contributed by atoms with Gasteiger partial charge in [0.05, 0.1) is 29.5 Å². The normalized spacial score (nSPS) is 17.5. The van der Waals surface area contributed by atoms with E-state index in [9.17, 15) is 27.6 Å². The topological polar surface area (TPSA) is 159 Å². The number of piperidine rings is 1. The Hall–Kier alpha value is -4.56. The van der Waals surface area contributed by atoms with Crippen LogP contribution in [-0.4, -0.2) is 64.1 Å². The van der Waals surface area contributed by atoms with E-state index in [1.165, 1.54) is 23.4 Å². The number of anilines is 3. The Morgan fingerprint density at radius 2 is 1.90 bits per heavy atom. The van der Waals surface area contributed by atoms with Gasteiger partial charge in [-0.25, -0.2) is 9.59 Å². The third-order valence-electron chi connectivity index (χ3n) is 6.46. The molecule has 1 saturated heterocycles. The van der Waals surface area contributed by atoms with Crippen molar-refractivity contribution < 1.29 is 41.8 Å². The van der Waals surface area contributed by atoms with Crippen LogP contribution in [0.15, 0.2) is 35.1 Å². The number of carboxylic acid groups (broad SMARTS) is 1. The summed E-state index contributed by atoms with van der Waals surface area (Å²) in [5.41, 5.74) is 0.459. The van der Waals surface area contributed by atoms with Crippen molar-refractivity contribution in [2.75, 3.05) is 28.6 Å². The summed E-state index contributed by atoms with van der Waals surface area (Å²) in [5, 5.41) is 16.4. The number of nitrogens with zero attached hydrogens (tertiary/aromatic N) is 3. The van der Waals surface area contributed by atoms with Crippen LogP contribution in [0.5, 0.6) is 0 Å². The van der Waals surface area contributed by atoms with Crippen molar-refractivity contribution in [1.82, 2.24) is 15.3 Å². The number of aromatic nitrogens is 2. The molecule has 3 amide bonds. The lowest BCUT2D eigenvalue weighted by Gasteiger charge is -2.40. The standard InChI is InChI=1S/C27H31F3N6O6/c1-5-14-8-19-21(32-10-14)20(23(41-19)35-25(40)42-26(2,3)4)22(37)34-17-11-31-7-6-18(17)36-12-15(27(28,29)30)9-16(13-36)33-24(38)39/h6-8,10-11,15-16,33H,5,9,12-13H2,1-4H3,(H,34,37)(H,35,40)(H,38,39)/t15-,16+/m1/s1. The zero-order valence-corrected chi connectivity index (χ0v) is 23.3. The van der Waals surface area contributed by atoms with Crippen LogP contribution in [0.2, 0.25) is 0 Å². The Morgan fingerprint density at radius 3 is 2.55 bits per heavy atom. The van der Waals surface area contributed by atoms with Gasteiger partial charge >= 0.3 is 18.4 Å². The molecule has 2 atom stereocenters. The number of alkyl halides is 3. The Kier molecular flexibility index (Phi) is 8.50. The van der Waals surface area contributed by atoms with Crippen LogP contribution in [0, 0.1) is 5.92 Å². The highest BCUT2D eigenvalue weighted by molar-refractivity contribution is 6.16. The zero-order valence-electron chi connectivity index (χ0n) is 23.3. The zero-order chi connectivity index (χ0) is 30.8. The molecular formula is C27H31F3N6O6. The molecule has 0 unspecified atom stereocenters. The fourth-order valence-electron chi connectivity index (χ4n) is 4.66. The molecular weight excluding hydrogens is 561 g/mol. The number of furan rings is 1. The number of ether oxygens (including phenoxy) is 1. The third-order valence-corrected chi connectivity index (χ3v) is 6.46. The van der Waals surface area contributed by atoms with Crippen LogP contribution in [0.1, 0.15) is 50.0 Å². The lowest BCUT2D eigenvalue weighted by atomic mass is 9.93. The van der Waals surface area contributed by atoms with Crippen molar-refractivity contribution in [1.29, 1.82) is 0 Å². The second-order valence-electron chi connectivity index (χ2n) is 10.8. The van der Waals surface area contributed by atoms with Crippen molar-refractivity contribution in [3.05, 3.63) is 41.9 Å². The number of nitrogens with one attached hydrogen (secondary N) is 3. The van der Waals surface area contributed by atoms with Crippen LogP contribution in [0.25, 0.3) is 11.1 Å². The van der Waals surface area contributed by atoms with Crippen LogP contribution in [0.3, 0.4) is 0 Å². The molecule has 3 aromatic rings. The van der Waals surface area contributed by atoms with Crippen molar-refractivity contribution >= 4 is 46.5 Å². The summed E-state index contributed by atoms with van der Waals surface area (Å²) in [6.07, 6.45) is -2.53. The highest BCUT2D eigenvalue weighted by Gasteiger charge is 2.45. The molecule has 226 valence electrons. The predicted octanol–water partition coefficient (Wildman–Crippen LogP) is 5.41. The molecule has 15 heteroatoms. The summed E-state index contributed by atoms with van der Waals surface area (Å²) < 4.78 is 52.3. The number of rotatable bonds is 6. The summed E-state index contributed by atoms with van der Waals surface area (Å²) in [4.78, 5) is 47.1. The van der Waals surface area contributed by atoms with E-state index in [2.05, 4.69) is 25.9 Å². The maximum absolute atomic E-state index is 13.7. The van der Waals surface area contributed by atoms with Gasteiger partial charge in [-0.3, -0.25) is 20.1 Å². The van der Waals surface area contributed by atoms with Gasteiger partial charge in [0, 0.05) is 25.5 Å².